The fourth-order valence-electron chi connectivity index (χ4n) is 1.90. The van der Waals surface area contributed by atoms with E-state index in [9.17, 15) is 9.59 Å². The highest BCUT2D eigenvalue weighted by atomic mass is 79.9. The second kappa shape index (κ2) is 4.49. The molecule has 0 saturated carbocycles. The molecule has 2 rings (SSSR count). The Morgan fingerprint density at radius 2 is 1.94 bits per heavy atom. The minimum absolute atomic E-state index is 0.213. The summed E-state index contributed by atoms with van der Waals surface area (Å²) in [7, 11) is 0. The predicted octanol–water partition coefficient (Wildman–Crippen LogP) is 2.51. The molecule has 0 bridgehead atoms. The van der Waals surface area contributed by atoms with Crippen LogP contribution in [0.1, 0.15) is 17.5 Å². The van der Waals surface area contributed by atoms with Crippen LogP contribution in [0.25, 0.3) is 0 Å². The van der Waals surface area contributed by atoms with Crippen molar-refractivity contribution < 1.29 is 9.59 Å². The van der Waals surface area contributed by atoms with Crippen LogP contribution >= 0.6 is 15.9 Å². The lowest BCUT2D eigenvalue weighted by molar-refractivity contribution is -0.120. The Kier molecular flexibility index (Phi) is 3.19. The SMILES string of the molecule is Cc1cc(C)c(N2CCC(=O)NC2=O)cc1Br. The van der Waals surface area contributed by atoms with E-state index < -0.39 is 0 Å². The van der Waals surface area contributed by atoms with Gasteiger partial charge in [0.2, 0.25) is 5.91 Å². The molecule has 1 aromatic carbocycles. The van der Waals surface area contributed by atoms with Crippen molar-refractivity contribution in [2.45, 2.75) is 20.3 Å². The van der Waals surface area contributed by atoms with Gasteiger partial charge in [0.1, 0.15) is 0 Å². The van der Waals surface area contributed by atoms with Crippen molar-refractivity contribution in [3.8, 4) is 0 Å². The lowest BCUT2D eigenvalue weighted by Crippen LogP contribution is -2.49. The number of urea groups is 1. The molecule has 1 fully saturated rings. The number of amides is 3. The zero-order valence-electron chi connectivity index (χ0n) is 9.71. The molecule has 1 aliphatic rings. The lowest BCUT2D eigenvalue weighted by Gasteiger charge is -2.28. The molecule has 1 aliphatic heterocycles. The molecule has 5 heteroatoms. The number of imide groups is 1. The van der Waals surface area contributed by atoms with Crippen molar-refractivity contribution in [2.24, 2.45) is 0 Å². The van der Waals surface area contributed by atoms with Crippen LogP contribution in [0.4, 0.5) is 10.5 Å². The highest BCUT2D eigenvalue weighted by molar-refractivity contribution is 9.10. The maximum Gasteiger partial charge on any atom is 0.328 e. The quantitative estimate of drug-likeness (QED) is 0.866. The number of carbonyl (C=O) groups excluding carboxylic acids is 2. The Bertz CT molecular complexity index is 500. The molecule has 4 nitrogen and oxygen atoms in total. The maximum absolute atomic E-state index is 11.7. The molecule has 1 heterocycles. The molecule has 1 saturated heterocycles. The van der Waals surface area contributed by atoms with Crippen molar-refractivity contribution in [1.29, 1.82) is 0 Å². The van der Waals surface area contributed by atoms with Crippen LogP contribution in [0.15, 0.2) is 16.6 Å². The van der Waals surface area contributed by atoms with E-state index in [-0.39, 0.29) is 11.9 Å². The van der Waals surface area contributed by atoms with E-state index in [2.05, 4.69) is 21.2 Å². The monoisotopic (exact) mass is 296 g/mol. The largest absolute Gasteiger partial charge is 0.328 e. The zero-order valence-corrected chi connectivity index (χ0v) is 11.3. The summed E-state index contributed by atoms with van der Waals surface area (Å²) in [5, 5.41) is 2.32. The normalized spacial score (nSPS) is 16.1. The fourth-order valence-corrected chi connectivity index (χ4v) is 2.23. The van der Waals surface area contributed by atoms with E-state index in [1.165, 1.54) is 0 Å². The molecule has 0 unspecified atom stereocenters. The van der Waals surface area contributed by atoms with Gasteiger partial charge < -0.3 is 0 Å². The summed E-state index contributed by atoms with van der Waals surface area (Å²) in [5.41, 5.74) is 2.99. The maximum atomic E-state index is 11.7. The Morgan fingerprint density at radius 1 is 1.24 bits per heavy atom. The van der Waals surface area contributed by atoms with Crippen molar-refractivity contribution in [3.05, 3.63) is 27.7 Å². The van der Waals surface area contributed by atoms with Crippen LogP contribution in [0, 0.1) is 13.8 Å². The molecular weight excluding hydrogens is 284 g/mol. The number of hydrogen-bond acceptors (Lipinski definition) is 2. The van der Waals surface area contributed by atoms with E-state index in [1.807, 2.05) is 26.0 Å². The van der Waals surface area contributed by atoms with E-state index in [0.29, 0.717) is 13.0 Å². The Labute approximate surface area is 108 Å². The van der Waals surface area contributed by atoms with Gasteiger partial charge in [-0.25, -0.2) is 4.79 Å². The minimum Gasteiger partial charge on any atom is -0.293 e. The van der Waals surface area contributed by atoms with Crippen molar-refractivity contribution >= 4 is 33.6 Å². The summed E-state index contributed by atoms with van der Waals surface area (Å²) in [4.78, 5) is 24.4. The fraction of sp³-hybridized carbons (Fsp3) is 0.333. The Balaban J connectivity index is 2.37. The number of anilines is 1. The third kappa shape index (κ3) is 2.34. The Morgan fingerprint density at radius 3 is 2.59 bits per heavy atom. The molecular formula is C12H13BrN2O2. The molecule has 1 N–H and O–H groups in total. The molecule has 1 aromatic rings. The molecule has 17 heavy (non-hydrogen) atoms. The number of benzene rings is 1. The summed E-state index contributed by atoms with van der Waals surface area (Å²) < 4.78 is 0.961. The van der Waals surface area contributed by atoms with Gasteiger partial charge in [-0.3, -0.25) is 15.0 Å². The van der Waals surface area contributed by atoms with E-state index in [1.54, 1.807) is 4.90 Å². The summed E-state index contributed by atoms with van der Waals surface area (Å²) in [6.45, 7) is 4.39. The van der Waals surface area contributed by atoms with Gasteiger partial charge in [0.15, 0.2) is 0 Å². The van der Waals surface area contributed by atoms with Gasteiger partial charge in [-0.1, -0.05) is 22.0 Å². The van der Waals surface area contributed by atoms with E-state index in [4.69, 9.17) is 0 Å². The van der Waals surface area contributed by atoms with Crippen LogP contribution in [-0.2, 0) is 4.79 Å². The summed E-state index contributed by atoms with van der Waals surface area (Å²) in [6, 6.07) is 3.59. The number of nitrogens with one attached hydrogen (secondary N) is 1. The van der Waals surface area contributed by atoms with Crippen molar-refractivity contribution in [3.63, 3.8) is 0 Å². The third-order valence-electron chi connectivity index (χ3n) is 2.82. The number of halogens is 1. The second-order valence-electron chi connectivity index (χ2n) is 4.14. The van der Waals surface area contributed by atoms with Crippen LogP contribution in [0.5, 0.6) is 0 Å². The highest BCUT2D eigenvalue weighted by Crippen LogP contribution is 2.28. The van der Waals surface area contributed by atoms with E-state index in [0.717, 1.165) is 21.3 Å². The van der Waals surface area contributed by atoms with E-state index >= 15 is 0 Å². The standard InChI is InChI=1S/C12H13BrN2O2/c1-7-5-8(2)10(6-9(7)13)15-4-3-11(16)14-12(15)17/h5-6H,3-4H2,1-2H3,(H,14,16,17). The third-order valence-corrected chi connectivity index (χ3v) is 3.68. The molecule has 0 radical (unpaired) electrons. The van der Waals surface area contributed by atoms with Crippen LogP contribution in [0.2, 0.25) is 0 Å². The van der Waals surface area contributed by atoms with Crippen LogP contribution in [-0.4, -0.2) is 18.5 Å². The van der Waals surface area contributed by atoms with Crippen molar-refractivity contribution in [1.82, 2.24) is 5.32 Å². The molecule has 0 atom stereocenters. The first-order chi connectivity index (χ1) is 7.99. The number of aryl methyl sites for hydroxylation is 2. The average Bonchev–Trinajstić information content (AvgIpc) is 2.24. The lowest BCUT2D eigenvalue weighted by atomic mass is 10.1. The molecule has 0 aliphatic carbocycles. The number of nitrogens with zero attached hydrogens (tertiary/aromatic N) is 1. The van der Waals surface area contributed by atoms with Crippen LogP contribution in [0.3, 0.4) is 0 Å². The van der Waals surface area contributed by atoms with Gasteiger partial charge in [0, 0.05) is 23.1 Å². The first-order valence-corrected chi connectivity index (χ1v) is 6.16. The van der Waals surface area contributed by atoms with Gasteiger partial charge in [0.05, 0.1) is 0 Å². The molecule has 0 aromatic heterocycles. The van der Waals surface area contributed by atoms with Gasteiger partial charge in [-0.15, -0.1) is 0 Å². The minimum atomic E-state index is -0.347. The highest BCUT2D eigenvalue weighted by Gasteiger charge is 2.25. The zero-order chi connectivity index (χ0) is 12.6. The second-order valence-corrected chi connectivity index (χ2v) is 5.00. The summed E-state index contributed by atoms with van der Waals surface area (Å²) in [6.07, 6.45) is 0.344. The van der Waals surface area contributed by atoms with Gasteiger partial charge >= 0.3 is 6.03 Å². The van der Waals surface area contributed by atoms with Gasteiger partial charge in [-0.05, 0) is 31.0 Å². The van der Waals surface area contributed by atoms with Gasteiger partial charge in [0.25, 0.3) is 0 Å². The number of rotatable bonds is 1. The first-order valence-electron chi connectivity index (χ1n) is 5.37. The number of carbonyl (C=O) groups is 2. The van der Waals surface area contributed by atoms with Gasteiger partial charge in [-0.2, -0.15) is 0 Å². The smallest absolute Gasteiger partial charge is 0.293 e. The molecule has 0 spiro atoms. The topological polar surface area (TPSA) is 49.4 Å². The average molecular weight is 297 g/mol. The predicted molar refractivity (Wildman–Crippen MR) is 69.1 cm³/mol. The summed E-state index contributed by atoms with van der Waals surface area (Å²) >= 11 is 3.45. The summed E-state index contributed by atoms with van der Waals surface area (Å²) in [5.74, 6) is -0.213. The Hall–Kier alpha value is -1.36. The van der Waals surface area contributed by atoms with Crippen molar-refractivity contribution in [2.75, 3.05) is 11.4 Å². The number of hydrogen-bond donors (Lipinski definition) is 1. The van der Waals surface area contributed by atoms with Crippen LogP contribution < -0.4 is 10.2 Å². The first kappa shape index (κ1) is 12.1. The molecule has 90 valence electrons. The molecule has 3 amide bonds.